The number of amides is 1. The summed E-state index contributed by atoms with van der Waals surface area (Å²) in [6.07, 6.45) is -0.101. The summed E-state index contributed by atoms with van der Waals surface area (Å²) in [6, 6.07) is 6.05. The second-order valence-electron chi connectivity index (χ2n) is 3.89. The first-order valence-corrected chi connectivity index (χ1v) is 5.18. The quantitative estimate of drug-likeness (QED) is 0.598. The Bertz CT molecular complexity index is 478. The first kappa shape index (κ1) is 11.3. The molecule has 0 radical (unpaired) electrons. The van der Waals surface area contributed by atoms with Gasteiger partial charge in [-0.15, -0.1) is 0 Å². The third-order valence-electron chi connectivity index (χ3n) is 2.49. The lowest BCUT2D eigenvalue weighted by atomic mass is 10.1. The van der Waals surface area contributed by atoms with Gasteiger partial charge in [-0.1, -0.05) is 17.7 Å². The molecule has 17 heavy (non-hydrogen) atoms. The largest absolute Gasteiger partial charge is 0.392 e. The van der Waals surface area contributed by atoms with Crippen LogP contribution in [-0.4, -0.2) is 23.9 Å². The van der Waals surface area contributed by atoms with Crippen LogP contribution in [0, 0.1) is 6.92 Å². The van der Waals surface area contributed by atoms with E-state index in [4.69, 9.17) is 0 Å². The minimum atomic E-state index is -0.865. The van der Waals surface area contributed by atoms with Crippen molar-refractivity contribution in [1.29, 1.82) is 0 Å². The van der Waals surface area contributed by atoms with Gasteiger partial charge in [-0.2, -0.15) is 0 Å². The molecular weight excluding hydrogens is 222 g/mol. The number of carbonyl (C=O) groups excluding carboxylic acids is 3. The van der Waals surface area contributed by atoms with Crippen LogP contribution in [0.3, 0.4) is 0 Å². The second kappa shape index (κ2) is 4.37. The van der Waals surface area contributed by atoms with Gasteiger partial charge in [0.2, 0.25) is 0 Å². The highest BCUT2D eigenvalue weighted by molar-refractivity contribution is 6.02. The monoisotopic (exact) mass is 233 g/mol. The lowest BCUT2D eigenvalue weighted by Crippen LogP contribution is -2.37. The predicted molar refractivity (Wildman–Crippen MR) is 58.1 cm³/mol. The molecule has 2 rings (SSSR count). The molecule has 5 heteroatoms. The van der Waals surface area contributed by atoms with Crippen LogP contribution in [-0.2, 0) is 14.3 Å². The third kappa shape index (κ3) is 2.50. The molecule has 1 heterocycles. The highest BCUT2D eigenvalue weighted by atomic mass is 16.6. The topological polar surface area (TPSA) is 72.5 Å². The zero-order chi connectivity index (χ0) is 12.4. The number of hydrogen-bond donors (Lipinski definition) is 1. The van der Waals surface area contributed by atoms with E-state index in [9.17, 15) is 14.4 Å². The summed E-state index contributed by atoms with van der Waals surface area (Å²) in [4.78, 5) is 33.7. The Hall–Kier alpha value is -2.17. The number of carbonyl (C=O) groups is 3. The SMILES string of the molecule is Cc1ccc(C(=O)N[C@H]2CC(=O)OC2=O)cc1. The predicted octanol–water partition coefficient (Wildman–Crippen LogP) is 0.567. The molecule has 0 aliphatic carbocycles. The van der Waals surface area contributed by atoms with Gasteiger partial charge in [0, 0.05) is 5.56 Å². The van der Waals surface area contributed by atoms with Gasteiger partial charge in [0.15, 0.2) is 0 Å². The van der Waals surface area contributed by atoms with Gasteiger partial charge in [-0.3, -0.25) is 9.59 Å². The number of cyclic esters (lactones) is 2. The number of hydrogen-bond acceptors (Lipinski definition) is 4. The maximum Gasteiger partial charge on any atom is 0.336 e. The summed E-state index contributed by atoms with van der Waals surface area (Å²) < 4.78 is 4.34. The van der Waals surface area contributed by atoms with E-state index in [0.29, 0.717) is 5.56 Å². The van der Waals surface area contributed by atoms with Crippen LogP contribution in [0.2, 0.25) is 0 Å². The molecule has 88 valence electrons. The summed E-state index contributed by atoms with van der Waals surface area (Å²) in [6.45, 7) is 1.91. The minimum absolute atomic E-state index is 0.101. The average Bonchev–Trinajstić information content (AvgIpc) is 2.58. The first-order valence-electron chi connectivity index (χ1n) is 5.18. The van der Waals surface area contributed by atoms with Crippen LogP contribution in [0.1, 0.15) is 22.3 Å². The molecule has 1 aliphatic heterocycles. The second-order valence-corrected chi connectivity index (χ2v) is 3.89. The molecule has 0 bridgehead atoms. The van der Waals surface area contributed by atoms with E-state index in [-0.39, 0.29) is 12.3 Å². The van der Waals surface area contributed by atoms with Crippen molar-refractivity contribution in [3.63, 3.8) is 0 Å². The highest BCUT2D eigenvalue weighted by Crippen LogP contribution is 2.09. The molecule has 1 amide bonds. The maximum absolute atomic E-state index is 11.7. The molecule has 0 saturated carbocycles. The Morgan fingerprint density at radius 2 is 1.94 bits per heavy atom. The number of rotatable bonds is 2. The molecular formula is C12H11NO4. The summed E-state index contributed by atoms with van der Waals surface area (Å²) in [5.74, 6) is -1.69. The smallest absolute Gasteiger partial charge is 0.336 e. The van der Waals surface area contributed by atoms with Crippen molar-refractivity contribution in [2.75, 3.05) is 0 Å². The number of esters is 2. The van der Waals surface area contributed by atoms with Crippen LogP contribution < -0.4 is 5.32 Å². The number of benzene rings is 1. The van der Waals surface area contributed by atoms with Crippen LogP contribution in [0.25, 0.3) is 0 Å². The molecule has 1 atom stereocenters. The molecule has 1 aliphatic rings. The van der Waals surface area contributed by atoms with E-state index in [1.807, 2.05) is 6.92 Å². The maximum atomic E-state index is 11.7. The Morgan fingerprint density at radius 3 is 2.47 bits per heavy atom. The lowest BCUT2D eigenvalue weighted by molar-refractivity contribution is -0.152. The molecule has 0 aromatic heterocycles. The molecule has 1 N–H and O–H groups in total. The zero-order valence-electron chi connectivity index (χ0n) is 9.23. The molecule has 5 nitrogen and oxygen atoms in total. The van der Waals surface area contributed by atoms with Gasteiger partial charge in [0.05, 0.1) is 6.42 Å². The third-order valence-corrected chi connectivity index (χ3v) is 2.49. The van der Waals surface area contributed by atoms with Crippen molar-refractivity contribution >= 4 is 17.8 Å². The van der Waals surface area contributed by atoms with Crippen molar-refractivity contribution in [1.82, 2.24) is 5.32 Å². The van der Waals surface area contributed by atoms with Gasteiger partial charge in [0.25, 0.3) is 5.91 Å². The van der Waals surface area contributed by atoms with Crippen molar-refractivity contribution in [2.24, 2.45) is 0 Å². The van der Waals surface area contributed by atoms with Crippen LogP contribution in [0.4, 0.5) is 0 Å². The Balaban J connectivity index is 2.04. The molecule has 1 aromatic carbocycles. The molecule has 1 saturated heterocycles. The first-order chi connectivity index (χ1) is 8.06. The fraction of sp³-hybridized carbons (Fsp3) is 0.250. The van der Waals surface area contributed by atoms with Crippen molar-refractivity contribution in [2.45, 2.75) is 19.4 Å². The van der Waals surface area contributed by atoms with Gasteiger partial charge in [0.1, 0.15) is 6.04 Å². The Morgan fingerprint density at radius 1 is 1.29 bits per heavy atom. The lowest BCUT2D eigenvalue weighted by Gasteiger charge is -2.07. The van der Waals surface area contributed by atoms with Crippen LogP contribution in [0.15, 0.2) is 24.3 Å². The van der Waals surface area contributed by atoms with Crippen LogP contribution in [0.5, 0.6) is 0 Å². The van der Waals surface area contributed by atoms with Gasteiger partial charge in [-0.25, -0.2) is 4.79 Å². The Kier molecular flexibility index (Phi) is 2.91. The van der Waals surface area contributed by atoms with E-state index in [0.717, 1.165) is 5.56 Å². The molecule has 0 unspecified atom stereocenters. The molecule has 1 fully saturated rings. The number of ether oxygens (including phenoxy) is 1. The van der Waals surface area contributed by atoms with E-state index in [1.165, 1.54) is 0 Å². The number of aryl methyl sites for hydroxylation is 1. The summed E-state index contributed by atoms with van der Waals surface area (Å²) in [7, 11) is 0. The Labute approximate surface area is 97.8 Å². The molecule has 1 aromatic rings. The van der Waals surface area contributed by atoms with Gasteiger partial charge < -0.3 is 10.1 Å². The highest BCUT2D eigenvalue weighted by Gasteiger charge is 2.34. The standard InChI is InChI=1S/C12H11NO4/c1-7-2-4-8(5-3-7)11(15)13-9-6-10(14)17-12(9)16/h2-5,9H,6H2,1H3,(H,13,15)/t9-/m0/s1. The van der Waals surface area contributed by atoms with Gasteiger partial charge >= 0.3 is 11.9 Å². The summed E-state index contributed by atoms with van der Waals surface area (Å²) in [5, 5.41) is 2.46. The average molecular weight is 233 g/mol. The number of nitrogens with one attached hydrogen (secondary N) is 1. The van der Waals surface area contributed by atoms with Crippen molar-refractivity contribution in [3.05, 3.63) is 35.4 Å². The van der Waals surface area contributed by atoms with E-state index in [1.54, 1.807) is 24.3 Å². The van der Waals surface area contributed by atoms with Crippen molar-refractivity contribution in [3.8, 4) is 0 Å². The summed E-state index contributed by atoms with van der Waals surface area (Å²) >= 11 is 0. The van der Waals surface area contributed by atoms with E-state index >= 15 is 0 Å². The fourth-order valence-electron chi connectivity index (χ4n) is 1.53. The summed E-state index contributed by atoms with van der Waals surface area (Å²) in [5.41, 5.74) is 1.49. The van der Waals surface area contributed by atoms with Crippen molar-refractivity contribution < 1.29 is 19.1 Å². The molecule has 0 spiro atoms. The van der Waals surface area contributed by atoms with Gasteiger partial charge in [-0.05, 0) is 19.1 Å². The van der Waals surface area contributed by atoms with Crippen LogP contribution >= 0.6 is 0 Å². The minimum Gasteiger partial charge on any atom is -0.392 e. The fourth-order valence-corrected chi connectivity index (χ4v) is 1.53. The zero-order valence-corrected chi connectivity index (χ0v) is 9.23. The van der Waals surface area contributed by atoms with E-state index < -0.39 is 18.0 Å². The van der Waals surface area contributed by atoms with E-state index in [2.05, 4.69) is 10.1 Å². The normalized spacial score (nSPS) is 19.0.